The summed E-state index contributed by atoms with van der Waals surface area (Å²) in [5.41, 5.74) is 3.06. The zero-order valence-corrected chi connectivity index (χ0v) is 12.0. The zero-order valence-electron chi connectivity index (χ0n) is 12.0. The number of carbonyl (C=O) groups excluding carboxylic acids is 1. The first-order chi connectivity index (χ1) is 9.08. The number of rotatable bonds is 5. The minimum Gasteiger partial charge on any atom is -0.377 e. The minimum atomic E-state index is -0.161. The molecular formula is C16H23NO2. The Labute approximate surface area is 115 Å². The fourth-order valence-corrected chi connectivity index (χ4v) is 2.53. The molecule has 0 aromatic heterocycles. The number of nitrogens with one attached hydrogen (secondary N) is 1. The van der Waals surface area contributed by atoms with Gasteiger partial charge in [-0.2, -0.15) is 0 Å². The summed E-state index contributed by atoms with van der Waals surface area (Å²) in [5, 5.41) is 3.29. The van der Waals surface area contributed by atoms with E-state index in [2.05, 4.69) is 11.4 Å². The molecule has 1 aliphatic heterocycles. The molecule has 1 aromatic rings. The molecule has 1 fully saturated rings. The predicted octanol–water partition coefficient (Wildman–Crippen LogP) is 2.64. The molecule has 0 aliphatic carbocycles. The second-order valence-electron chi connectivity index (χ2n) is 5.45. The van der Waals surface area contributed by atoms with Crippen molar-refractivity contribution in [1.29, 1.82) is 0 Å². The third-order valence-corrected chi connectivity index (χ3v) is 3.72. The van der Waals surface area contributed by atoms with Gasteiger partial charge >= 0.3 is 0 Å². The van der Waals surface area contributed by atoms with Crippen molar-refractivity contribution >= 4 is 5.78 Å². The van der Waals surface area contributed by atoms with E-state index in [1.54, 1.807) is 0 Å². The predicted molar refractivity (Wildman–Crippen MR) is 76.7 cm³/mol. The molecule has 0 amide bonds. The molecular weight excluding hydrogens is 238 g/mol. The van der Waals surface area contributed by atoms with E-state index < -0.39 is 0 Å². The maximum Gasteiger partial charge on any atom is 0.179 e. The van der Waals surface area contributed by atoms with Crippen molar-refractivity contribution in [2.45, 2.75) is 45.8 Å². The molecule has 104 valence electrons. The molecule has 19 heavy (non-hydrogen) atoms. The summed E-state index contributed by atoms with van der Waals surface area (Å²) in [4.78, 5) is 12.4. The third kappa shape index (κ3) is 3.64. The third-order valence-electron chi connectivity index (χ3n) is 3.72. The van der Waals surface area contributed by atoms with Gasteiger partial charge in [0.15, 0.2) is 5.78 Å². The van der Waals surface area contributed by atoms with Gasteiger partial charge in [0.2, 0.25) is 0 Å². The van der Waals surface area contributed by atoms with Crippen molar-refractivity contribution in [2.75, 3.05) is 13.2 Å². The molecule has 1 saturated heterocycles. The molecule has 0 bridgehead atoms. The highest BCUT2D eigenvalue weighted by Gasteiger charge is 2.20. The zero-order chi connectivity index (χ0) is 13.8. The van der Waals surface area contributed by atoms with Gasteiger partial charge in [0.05, 0.1) is 12.1 Å². The average Bonchev–Trinajstić information content (AvgIpc) is 2.88. The van der Waals surface area contributed by atoms with Crippen LogP contribution in [0.1, 0.15) is 41.3 Å². The Balaban J connectivity index is 1.94. The van der Waals surface area contributed by atoms with Crippen molar-refractivity contribution in [3.05, 3.63) is 34.9 Å². The van der Waals surface area contributed by atoms with Crippen molar-refractivity contribution in [1.82, 2.24) is 5.32 Å². The summed E-state index contributed by atoms with van der Waals surface area (Å²) in [5.74, 6) is 0.162. The number of ketones is 1. The normalized spacial score (nSPS) is 20.5. The quantitative estimate of drug-likeness (QED) is 0.828. The van der Waals surface area contributed by atoms with Gasteiger partial charge in [-0.3, -0.25) is 4.79 Å². The molecule has 3 nitrogen and oxygen atoms in total. The topological polar surface area (TPSA) is 38.3 Å². The number of Topliss-reactive ketones (excluding diaryl/α,β-unsaturated/α-hetero) is 1. The van der Waals surface area contributed by atoms with E-state index in [0.29, 0.717) is 0 Å². The van der Waals surface area contributed by atoms with Crippen LogP contribution in [0.3, 0.4) is 0 Å². The van der Waals surface area contributed by atoms with E-state index in [0.717, 1.165) is 37.1 Å². The van der Waals surface area contributed by atoms with E-state index in [4.69, 9.17) is 4.74 Å². The maximum absolute atomic E-state index is 12.4. The van der Waals surface area contributed by atoms with E-state index in [-0.39, 0.29) is 17.9 Å². The van der Waals surface area contributed by atoms with Crippen LogP contribution in [-0.2, 0) is 4.74 Å². The van der Waals surface area contributed by atoms with Crippen molar-refractivity contribution in [2.24, 2.45) is 0 Å². The lowest BCUT2D eigenvalue weighted by Gasteiger charge is -2.17. The molecule has 2 atom stereocenters. The second kappa shape index (κ2) is 6.31. The maximum atomic E-state index is 12.4. The Morgan fingerprint density at radius 3 is 2.89 bits per heavy atom. The standard InChI is InChI=1S/C16H23NO2/c1-11-6-7-15(12(2)9-11)16(18)13(3)17-10-14-5-4-8-19-14/h6-7,9,13-14,17H,4-5,8,10H2,1-3H3. The first-order valence-electron chi connectivity index (χ1n) is 7.04. The highest BCUT2D eigenvalue weighted by atomic mass is 16.5. The first kappa shape index (κ1) is 14.2. The van der Waals surface area contributed by atoms with Gasteiger partial charge in [-0.25, -0.2) is 0 Å². The van der Waals surface area contributed by atoms with Gasteiger partial charge < -0.3 is 10.1 Å². The SMILES string of the molecule is Cc1ccc(C(=O)C(C)NCC2CCCO2)c(C)c1. The van der Waals surface area contributed by atoms with Gasteiger partial charge in [0, 0.05) is 18.7 Å². The Bertz CT molecular complexity index is 450. The molecule has 1 heterocycles. The lowest BCUT2D eigenvalue weighted by molar-refractivity contribution is 0.0902. The van der Waals surface area contributed by atoms with Crippen LogP contribution in [-0.4, -0.2) is 31.1 Å². The minimum absolute atomic E-state index is 0.161. The molecule has 2 rings (SSSR count). The number of hydrogen-bond acceptors (Lipinski definition) is 3. The van der Waals surface area contributed by atoms with Crippen LogP contribution in [0.15, 0.2) is 18.2 Å². The van der Waals surface area contributed by atoms with Gasteiger partial charge in [0.1, 0.15) is 0 Å². The number of carbonyl (C=O) groups is 1. The van der Waals surface area contributed by atoms with Gasteiger partial charge in [-0.1, -0.05) is 23.8 Å². The number of hydrogen-bond donors (Lipinski definition) is 1. The summed E-state index contributed by atoms with van der Waals surface area (Å²) < 4.78 is 5.55. The number of benzene rings is 1. The van der Waals surface area contributed by atoms with Crippen molar-refractivity contribution in [3.8, 4) is 0 Å². The molecule has 1 aromatic carbocycles. The van der Waals surface area contributed by atoms with Crippen LogP contribution in [0, 0.1) is 13.8 Å². The molecule has 1 N–H and O–H groups in total. The average molecular weight is 261 g/mol. The number of ether oxygens (including phenoxy) is 1. The smallest absolute Gasteiger partial charge is 0.179 e. The van der Waals surface area contributed by atoms with Gasteiger partial charge in [0.25, 0.3) is 0 Å². The number of aryl methyl sites for hydroxylation is 2. The van der Waals surface area contributed by atoms with Crippen LogP contribution in [0.25, 0.3) is 0 Å². The highest BCUT2D eigenvalue weighted by molar-refractivity contribution is 6.01. The molecule has 1 aliphatic rings. The van der Waals surface area contributed by atoms with Crippen molar-refractivity contribution < 1.29 is 9.53 Å². The Hall–Kier alpha value is -1.19. The summed E-state index contributed by atoms with van der Waals surface area (Å²) >= 11 is 0. The second-order valence-corrected chi connectivity index (χ2v) is 5.45. The van der Waals surface area contributed by atoms with Crippen molar-refractivity contribution in [3.63, 3.8) is 0 Å². The monoisotopic (exact) mass is 261 g/mol. The highest BCUT2D eigenvalue weighted by Crippen LogP contribution is 2.14. The Kier molecular flexibility index (Phi) is 4.72. The van der Waals surface area contributed by atoms with E-state index in [9.17, 15) is 4.79 Å². The van der Waals surface area contributed by atoms with Gasteiger partial charge in [-0.15, -0.1) is 0 Å². The van der Waals surface area contributed by atoms with Crippen LogP contribution in [0.2, 0.25) is 0 Å². The molecule has 2 unspecified atom stereocenters. The van der Waals surface area contributed by atoms with Crippen LogP contribution in [0.4, 0.5) is 0 Å². The fourth-order valence-electron chi connectivity index (χ4n) is 2.53. The lowest BCUT2D eigenvalue weighted by atomic mass is 9.98. The van der Waals surface area contributed by atoms with Crippen LogP contribution in [0.5, 0.6) is 0 Å². The van der Waals surface area contributed by atoms with E-state index in [1.807, 2.05) is 32.9 Å². The molecule has 0 saturated carbocycles. The van der Waals surface area contributed by atoms with Crippen LogP contribution >= 0.6 is 0 Å². The van der Waals surface area contributed by atoms with Gasteiger partial charge in [-0.05, 0) is 39.2 Å². The summed E-state index contributed by atoms with van der Waals surface area (Å²) in [6.07, 6.45) is 2.50. The fraction of sp³-hybridized carbons (Fsp3) is 0.562. The Morgan fingerprint density at radius 1 is 1.47 bits per heavy atom. The molecule has 3 heteroatoms. The van der Waals surface area contributed by atoms with Crippen LogP contribution < -0.4 is 5.32 Å². The van der Waals surface area contributed by atoms with E-state index in [1.165, 1.54) is 5.56 Å². The summed E-state index contributed by atoms with van der Waals surface area (Å²) in [6.45, 7) is 7.58. The summed E-state index contributed by atoms with van der Waals surface area (Å²) in [6, 6.07) is 5.82. The summed E-state index contributed by atoms with van der Waals surface area (Å²) in [7, 11) is 0. The molecule has 0 radical (unpaired) electrons. The first-order valence-corrected chi connectivity index (χ1v) is 7.04. The largest absolute Gasteiger partial charge is 0.377 e. The Morgan fingerprint density at radius 2 is 2.26 bits per heavy atom. The molecule has 0 spiro atoms. The van der Waals surface area contributed by atoms with E-state index >= 15 is 0 Å². The lowest BCUT2D eigenvalue weighted by Crippen LogP contribution is -2.39.